The van der Waals surface area contributed by atoms with Gasteiger partial charge in [-0.05, 0) is 142 Å². The van der Waals surface area contributed by atoms with Gasteiger partial charge in [0.15, 0.2) is 0 Å². The Morgan fingerprint density at radius 2 is 1.15 bits per heavy atom. The molecule has 0 aliphatic heterocycles. The van der Waals surface area contributed by atoms with E-state index in [0.717, 1.165) is 61.4 Å². The maximum Gasteiger partial charge on any atom is 0.213 e. The first-order valence-electron chi connectivity index (χ1n) is 11.7. The van der Waals surface area contributed by atoms with Crippen LogP contribution in [-0.2, 0) is 25.7 Å². The Balaban J connectivity index is 0.000000158. The molecule has 5 nitrogen and oxygen atoms in total. The fraction of sp³-hybridized carbons (Fsp3) is 0.143. The van der Waals surface area contributed by atoms with Crippen LogP contribution in [0.3, 0.4) is 0 Å². The van der Waals surface area contributed by atoms with Gasteiger partial charge in [0.25, 0.3) is 0 Å². The largest absolute Gasteiger partial charge is 0.397 e. The molecule has 2 N–H and O–H groups in total. The van der Waals surface area contributed by atoms with E-state index in [1.807, 2.05) is 18.2 Å². The van der Waals surface area contributed by atoms with E-state index in [4.69, 9.17) is 28.9 Å². The summed E-state index contributed by atoms with van der Waals surface area (Å²) in [5.74, 6) is -0.159. The zero-order chi connectivity index (χ0) is 28.0. The SMILES string of the molecule is Nc1c(Cl)cc2c(c1Br)C(=O)c1ncc(Br)cc1CC2.O=C1c2ncc(Br)cc2CCc2cc(Cl)cc(Br)c21. The average molecular weight is 818 g/mol. The Hall–Kier alpha value is -1.62. The monoisotopic (exact) mass is 813 g/mol. The molecule has 0 amide bonds. The number of pyridine rings is 2. The number of fused-ring (bicyclic) bond motifs is 4. The molecule has 0 bridgehead atoms. The van der Waals surface area contributed by atoms with Crippen LogP contribution in [0.1, 0.15) is 54.4 Å². The molecule has 4 aromatic rings. The standard InChI is InChI=1S/C14H9Br2ClN2O.C14H8Br2ClNO/c15-8-3-7-2-1-6-4-9(17)12(18)11(16)10(6)14(20)13(7)19-5-8;15-9-3-8-2-1-7-4-10(17)5-11(16)12(7)14(19)13(8)18-6-9/h3-5H,1-2,18H2;3-6H,1-2H2. The molecule has 0 saturated carbocycles. The highest BCUT2D eigenvalue weighted by atomic mass is 79.9. The number of rotatable bonds is 0. The fourth-order valence-electron chi connectivity index (χ4n) is 4.73. The van der Waals surface area contributed by atoms with Crippen LogP contribution in [-0.4, -0.2) is 21.5 Å². The van der Waals surface area contributed by atoms with Crippen LogP contribution in [0.25, 0.3) is 0 Å². The summed E-state index contributed by atoms with van der Waals surface area (Å²) in [6.45, 7) is 0. The lowest BCUT2D eigenvalue weighted by atomic mass is 10.0. The molecule has 2 heterocycles. The molecule has 2 aromatic carbocycles. The van der Waals surface area contributed by atoms with Gasteiger partial charge < -0.3 is 5.73 Å². The van der Waals surface area contributed by atoms with Crippen molar-refractivity contribution < 1.29 is 9.59 Å². The van der Waals surface area contributed by atoms with E-state index in [9.17, 15) is 9.59 Å². The number of nitrogens with two attached hydrogens (primary N) is 1. The second-order valence-electron chi connectivity index (χ2n) is 9.02. The number of benzene rings is 2. The molecule has 198 valence electrons. The van der Waals surface area contributed by atoms with Gasteiger partial charge >= 0.3 is 0 Å². The van der Waals surface area contributed by atoms with Gasteiger partial charge in [0.05, 0.1) is 15.2 Å². The maximum absolute atomic E-state index is 12.7. The molecular weight excluding hydrogens is 801 g/mol. The summed E-state index contributed by atoms with van der Waals surface area (Å²) in [6, 6.07) is 9.28. The van der Waals surface area contributed by atoms with E-state index in [2.05, 4.69) is 73.7 Å². The van der Waals surface area contributed by atoms with Gasteiger partial charge in [0, 0.05) is 42.0 Å². The predicted octanol–water partition coefficient (Wildman–Crippen LogP) is 8.76. The Bertz CT molecular complexity index is 1690. The zero-order valence-corrected chi connectivity index (χ0v) is 27.8. The maximum atomic E-state index is 12.7. The molecule has 6 rings (SSSR count). The molecule has 11 heteroatoms. The third-order valence-electron chi connectivity index (χ3n) is 6.55. The summed E-state index contributed by atoms with van der Waals surface area (Å²) in [7, 11) is 0. The number of carbonyl (C=O) groups excluding carboxylic acids is 2. The lowest BCUT2D eigenvalue weighted by molar-refractivity contribution is 0.102. The van der Waals surface area contributed by atoms with Crippen molar-refractivity contribution >= 4 is 104 Å². The van der Waals surface area contributed by atoms with Crippen LogP contribution < -0.4 is 5.73 Å². The van der Waals surface area contributed by atoms with Crippen molar-refractivity contribution in [3.63, 3.8) is 0 Å². The van der Waals surface area contributed by atoms with Crippen LogP contribution >= 0.6 is 86.9 Å². The topological polar surface area (TPSA) is 85.9 Å². The number of aromatic nitrogens is 2. The number of hydrogen-bond acceptors (Lipinski definition) is 5. The van der Waals surface area contributed by atoms with Gasteiger partial charge in [0.2, 0.25) is 11.6 Å². The summed E-state index contributed by atoms with van der Waals surface area (Å²) in [5, 5.41) is 1.10. The molecule has 2 aromatic heterocycles. The first-order valence-corrected chi connectivity index (χ1v) is 15.6. The number of hydrogen-bond donors (Lipinski definition) is 1. The van der Waals surface area contributed by atoms with E-state index >= 15 is 0 Å². The van der Waals surface area contributed by atoms with Gasteiger partial charge in [0.1, 0.15) is 11.4 Å². The number of aryl methyl sites for hydroxylation is 4. The highest BCUT2D eigenvalue weighted by Gasteiger charge is 2.27. The Morgan fingerprint density at radius 3 is 1.72 bits per heavy atom. The normalized spacial score (nSPS) is 13.7. The van der Waals surface area contributed by atoms with Crippen LogP contribution in [0.4, 0.5) is 5.69 Å². The number of halogens is 6. The smallest absolute Gasteiger partial charge is 0.213 e. The van der Waals surface area contributed by atoms with Crippen LogP contribution in [0.2, 0.25) is 10.0 Å². The predicted molar refractivity (Wildman–Crippen MR) is 168 cm³/mol. The van der Waals surface area contributed by atoms with E-state index in [1.165, 1.54) is 0 Å². The molecule has 0 fully saturated rings. The minimum atomic E-state index is -0.116. The van der Waals surface area contributed by atoms with Crippen LogP contribution in [0.5, 0.6) is 0 Å². The molecule has 0 spiro atoms. The number of nitrogen functional groups attached to an aromatic ring is 1. The number of carbonyl (C=O) groups is 2. The Kier molecular flexibility index (Phi) is 8.67. The summed E-state index contributed by atoms with van der Waals surface area (Å²) in [5.41, 5.74) is 12.3. The van der Waals surface area contributed by atoms with Crippen molar-refractivity contribution in [2.45, 2.75) is 25.7 Å². The van der Waals surface area contributed by atoms with Gasteiger partial charge in [-0.1, -0.05) is 23.2 Å². The molecular formula is C28H17Br4Cl2N3O2. The zero-order valence-electron chi connectivity index (χ0n) is 19.9. The lowest BCUT2D eigenvalue weighted by Gasteiger charge is -2.11. The molecule has 39 heavy (non-hydrogen) atoms. The van der Waals surface area contributed by atoms with Crippen molar-refractivity contribution in [1.82, 2.24) is 9.97 Å². The third kappa shape index (κ3) is 5.76. The van der Waals surface area contributed by atoms with Crippen LogP contribution in [0.15, 0.2) is 60.6 Å². The van der Waals surface area contributed by atoms with Crippen molar-refractivity contribution in [3.8, 4) is 0 Å². The quantitative estimate of drug-likeness (QED) is 0.180. The summed E-state index contributed by atoms with van der Waals surface area (Å²) < 4.78 is 3.05. The third-order valence-corrected chi connectivity index (χ3v) is 9.40. The van der Waals surface area contributed by atoms with E-state index in [0.29, 0.717) is 42.7 Å². The van der Waals surface area contributed by atoms with Gasteiger partial charge in [-0.15, -0.1) is 0 Å². The summed E-state index contributed by atoms with van der Waals surface area (Å²) >= 11 is 25.8. The molecule has 2 aliphatic carbocycles. The Morgan fingerprint density at radius 1 is 0.667 bits per heavy atom. The lowest BCUT2D eigenvalue weighted by Crippen LogP contribution is -2.09. The molecule has 0 unspecified atom stereocenters. The average Bonchev–Trinajstić information content (AvgIpc) is 3.10. The summed E-state index contributed by atoms with van der Waals surface area (Å²) in [6.07, 6.45) is 6.33. The van der Waals surface area contributed by atoms with Gasteiger partial charge in [-0.25, -0.2) is 0 Å². The fourth-order valence-corrected chi connectivity index (χ4v) is 7.53. The van der Waals surface area contributed by atoms with Gasteiger partial charge in [-0.3, -0.25) is 19.6 Å². The van der Waals surface area contributed by atoms with Crippen molar-refractivity contribution in [2.75, 3.05) is 5.73 Å². The van der Waals surface area contributed by atoms with Crippen molar-refractivity contribution in [1.29, 1.82) is 0 Å². The molecule has 0 atom stereocenters. The molecule has 0 saturated heterocycles. The van der Waals surface area contributed by atoms with Crippen molar-refractivity contribution in [3.05, 3.63) is 115 Å². The second kappa shape index (κ2) is 11.7. The highest BCUT2D eigenvalue weighted by Crippen LogP contribution is 2.38. The second-order valence-corrected chi connectivity index (χ2v) is 13.3. The minimum Gasteiger partial charge on any atom is -0.397 e. The van der Waals surface area contributed by atoms with Crippen molar-refractivity contribution in [2.24, 2.45) is 0 Å². The highest BCUT2D eigenvalue weighted by molar-refractivity contribution is 9.11. The van der Waals surface area contributed by atoms with E-state index < -0.39 is 0 Å². The summed E-state index contributed by atoms with van der Waals surface area (Å²) in [4.78, 5) is 33.9. The molecule has 0 radical (unpaired) electrons. The van der Waals surface area contributed by atoms with E-state index in [1.54, 1.807) is 24.5 Å². The number of ketones is 2. The first-order chi connectivity index (χ1) is 18.5. The van der Waals surface area contributed by atoms with Gasteiger partial charge in [-0.2, -0.15) is 0 Å². The number of anilines is 1. The first kappa shape index (κ1) is 28.9. The minimum absolute atomic E-state index is 0.0430. The Labute approximate surface area is 268 Å². The van der Waals surface area contributed by atoms with E-state index in [-0.39, 0.29) is 11.6 Å². The number of nitrogens with zero attached hydrogens (tertiary/aromatic N) is 2. The van der Waals surface area contributed by atoms with Crippen LogP contribution in [0, 0.1) is 0 Å². The molecule has 2 aliphatic rings.